The van der Waals surface area contributed by atoms with Crippen molar-refractivity contribution in [3.05, 3.63) is 47.0 Å². The van der Waals surface area contributed by atoms with E-state index in [1.807, 2.05) is 6.92 Å². The summed E-state index contributed by atoms with van der Waals surface area (Å²) in [5, 5.41) is 14.7. The van der Waals surface area contributed by atoms with Crippen molar-refractivity contribution < 1.29 is 14.6 Å². The first-order valence-electron chi connectivity index (χ1n) is 7.94. The third-order valence-corrected chi connectivity index (χ3v) is 4.08. The van der Waals surface area contributed by atoms with Crippen LogP contribution in [-0.4, -0.2) is 37.9 Å². The van der Waals surface area contributed by atoms with E-state index in [0.29, 0.717) is 28.5 Å². The van der Waals surface area contributed by atoms with Gasteiger partial charge in [-0.25, -0.2) is 14.5 Å². The Balaban J connectivity index is 2.40. The fraction of sp³-hybridized carbons (Fsp3) is 0.222. The standard InChI is InChI=1S/C18H17ClN4O3/c1-3-23-18-14(9-21-23)17(11-6-12(19)8-20-7-11)13(4-5-16(24)25)15(22-18)10-26-2/h4-9H,3,10H2,1-2H3,(H,24,25). The van der Waals surface area contributed by atoms with Gasteiger partial charge in [-0.1, -0.05) is 11.6 Å². The Labute approximate surface area is 154 Å². The number of fused-ring (bicyclic) bond motifs is 1. The van der Waals surface area contributed by atoms with Crippen LogP contribution in [0.1, 0.15) is 18.2 Å². The highest BCUT2D eigenvalue weighted by molar-refractivity contribution is 6.30. The monoisotopic (exact) mass is 372 g/mol. The average molecular weight is 373 g/mol. The summed E-state index contributed by atoms with van der Waals surface area (Å²) < 4.78 is 7.05. The number of carbonyl (C=O) groups is 1. The number of hydrogen-bond donors (Lipinski definition) is 1. The van der Waals surface area contributed by atoms with E-state index in [2.05, 4.69) is 15.1 Å². The molecule has 0 saturated heterocycles. The summed E-state index contributed by atoms with van der Waals surface area (Å²) in [5.41, 5.74) is 3.48. The number of rotatable bonds is 6. The molecule has 8 heteroatoms. The maximum absolute atomic E-state index is 11.1. The smallest absolute Gasteiger partial charge is 0.328 e. The van der Waals surface area contributed by atoms with E-state index in [0.717, 1.165) is 22.6 Å². The van der Waals surface area contributed by atoms with Crippen LogP contribution in [0.15, 0.2) is 30.7 Å². The van der Waals surface area contributed by atoms with Crippen molar-refractivity contribution in [2.75, 3.05) is 7.11 Å². The molecule has 7 nitrogen and oxygen atoms in total. The molecule has 26 heavy (non-hydrogen) atoms. The molecule has 3 aromatic heterocycles. The van der Waals surface area contributed by atoms with Gasteiger partial charge in [-0.3, -0.25) is 4.98 Å². The minimum atomic E-state index is -1.05. The van der Waals surface area contributed by atoms with E-state index in [-0.39, 0.29) is 6.61 Å². The minimum Gasteiger partial charge on any atom is -0.478 e. The maximum atomic E-state index is 11.1. The van der Waals surface area contributed by atoms with Crippen molar-refractivity contribution in [3.8, 4) is 11.1 Å². The number of aryl methyl sites for hydroxylation is 1. The molecule has 3 aromatic rings. The van der Waals surface area contributed by atoms with Crippen molar-refractivity contribution in [2.45, 2.75) is 20.1 Å². The summed E-state index contributed by atoms with van der Waals surface area (Å²) in [4.78, 5) is 19.9. The third kappa shape index (κ3) is 3.44. The molecule has 0 bridgehead atoms. The molecule has 0 amide bonds. The summed E-state index contributed by atoms with van der Waals surface area (Å²) >= 11 is 6.12. The molecule has 0 aliphatic carbocycles. The Morgan fingerprint density at radius 2 is 2.19 bits per heavy atom. The summed E-state index contributed by atoms with van der Waals surface area (Å²) in [6.07, 6.45) is 7.54. The molecule has 0 aliphatic rings. The van der Waals surface area contributed by atoms with E-state index in [1.54, 1.807) is 36.4 Å². The average Bonchev–Trinajstić information content (AvgIpc) is 3.02. The Bertz CT molecular complexity index is 998. The van der Waals surface area contributed by atoms with Gasteiger partial charge >= 0.3 is 5.97 Å². The summed E-state index contributed by atoms with van der Waals surface area (Å²) in [7, 11) is 1.56. The topological polar surface area (TPSA) is 90.1 Å². The number of ether oxygens (including phenoxy) is 1. The zero-order valence-corrected chi connectivity index (χ0v) is 15.1. The van der Waals surface area contributed by atoms with Crippen LogP contribution < -0.4 is 0 Å². The SMILES string of the molecule is CCn1ncc2c(-c3cncc(Cl)c3)c(C=CC(=O)O)c(COC)nc21. The molecule has 134 valence electrons. The largest absolute Gasteiger partial charge is 0.478 e. The van der Waals surface area contributed by atoms with Crippen molar-refractivity contribution in [3.63, 3.8) is 0 Å². The lowest BCUT2D eigenvalue weighted by atomic mass is 9.97. The van der Waals surface area contributed by atoms with Gasteiger partial charge in [-0.05, 0) is 19.1 Å². The molecule has 0 fully saturated rings. The molecule has 0 atom stereocenters. The quantitative estimate of drug-likeness (QED) is 0.667. The van der Waals surface area contributed by atoms with Crippen LogP contribution in [0.4, 0.5) is 0 Å². The fourth-order valence-corrected chi connectivity index (χ4v) is 3.00. The third-order valence-electron chi connectivity index (χ3n) is 3.87. The second-order valence-electron chi connectivity index (χ2n) is 5.54. The highest BCUT2D eigenvalue weighted by Gasteiger charge is 2.18. The van der Waals surface area contributed by atoms with E-state index in [4.69, 9.17) is 21.4 Å². The Morgan fingerprint density at radius 1 is 1.38 bits per heavy atom. The predicted octanol–water partition coefficient (Wildman–Crippen LogP) is 3.41. The van der Waals surface area contributed by atoms with Gasteiger partial charge in [0.2, 0.25) is 0 Å². The molecular weight excluding hydrogens is 356 g/mol. The zero-order valence-electron chi connectivity index (χ0n) is 14.3. The van der Waals surface area contributed by atoms with Crippen molar-refractivity contribution >= 4 is 34.7 Å². The van der Waals surface area contributed by atoms with Crippen LogP contribution >= 0.6 is 11.6 Å². The first-order chi connectivity index (χ1) is 12.5. The lowest BCUT2D eigenvalue weighted by Gasteiger charge is -2.13. The molecule has 0 saturated carbocycles. The van der Waals surface area contributed by atoms with Gasteiger partial charge in [0, 0.05) is 54.2 Å². The Morgan fingerprint density at radius 3 is 2.85 bits per heavy atom. The van der Waals surface area contributed by atoms with Gasteiger partial charge in [-0.2, -0.15) is 5.10 Å². The molecule has 0 aliphatic heterocycles. The maximum Gasteiger partial charge on any atom is 0.328 e. The van der Waals surface area contributed by atoms with Crippen LogP contribution in [0.2, 0.25) is 5.02 Å². The first-order valence-corrected chi connectivity index (χ1v) is 8.32. The minimum absolute atomic E-state index is 0.227. The van der Waals surface area contributed by atoms with Gasteiger partial charge in [0.25, 0.3) is 0 Å². The number of halogens is 1. The van der Waals surface area contributed by atoms with Crippen LogP contribution in [-0.2, 0) is 22.7 Å². The molecule has 0 unspecified atom stereocenters. The molecular formula is C18H17ClN4O3. The normalized spacial score (nSPS) is 11.5. The molecule has 0 spiro atoms. The molecule has 0 aromatic carbocycles. The van der Waals surface area contributed by atoms with Crippen molar-refractivity contribution in [1.29, 1.82) is 0 Å². The molecule has 3 rings (SSSR count). The number of methoxy groups -OCH3 is 1. The van der Waals surface area contributed by atoms with Gasteiger partial charge in [0.05, 0.1) is 23.5 Å². The lowest BCUT2D eigenvalue weighted by molar-refractivity contribution is -0.131. The highest BCUT2D eigenvalue weighted by Crippen LogP contribution is 2.35. The van der Waals surface area contributed by atoms with E-state index >= 15 is 0 Å². The Kier molecular flexibility index (Phi) is 5.29. The summed E-state index contributed by atoms with van der Waals surface area (Å²) in [5.74, 6) is -1.05. The van der Waals surface area contributed by atoms with Gasteiger partial charge in [-0.15, -0.1) is 0 Å². The van der Waals surface area contributed by atoms with Crippen LogP contribution in [0.3, 0.4) is 0 Å². The zero-order chi connectivity index (χ0) is 18.7. The second kappa shape index (κ2) is 7.63. The summed E-state index contributed by atoms with van der Waals surface area (Å²) in [6.45, 7) is 2.86. The van der Waals surface area contributed by atoms with Crippen LogP contribution in [0.5, 0.6) is 0 Å². The van der Waals surface area contributed by atoms with Crippen LogP contribution in [0.25, 0.3) is 28.2 Å². The number of nitrogens with zero attached hydrogens (tertiary/aromatic N) is 4. The number of aliphatic carboxylic acids is 1. The lowest BCUT2D eigenvalue weighted by Crippen LogP contribution is -2.04. The highest BCUT2D eigenvalue weighted by atomic mass is 35.5. The fourth-order valence-electron chi connectivity index (χ4n) is 2.82. The van der Waals surface area contributed by atoms with E-state index < -0.39 is 5.97 Å². The Hall–Kier alpha value is -2.77. The second-order valence-corrected chi connectivity index (χ2v) is 5.98. The molecule has 1 N–H and O–H groups in total. The molecule has 3 heterocycles. The summed E-state index contributed by atoms with van der Waals surface area (Å²) in [6, 6.07) is 1.78. The number of carboxylic acid groups (broad SMARTS) is 1. The molecule has 0 radical (unpaired) electrons. The van der Waals surface area contributed by atoms with E-state index in [9.17, 15) is 4.79 Å². The number of aromatic nitrogens is 4. The van der Waals surface area contributed by atoms with E-state index in [1.165, 1.54) is 6.08 Å². The van der Waals surface area contributed by atoms with Crippen molar-refractivity contribution in [1.82, 2.24) is 19.7 Å². The van der Waals surface area contributed by atoms with Crippen LogP contribution in [0, 0.1) is 0 Å². The number of pyridine rings is 2. The van der Waals surface area contributed by atoms with Crippen molar-refractivity contribution in [2.24, 2.45) is 0 Å². The predicted molar refractivity (Wildman–Crippen MR) is 98.8 cm³/mol. The van der Waals surface area contributed by atoms with Gasteiger partial charge < -0.3 is 9.84 Å². The first kappa shape index (κ1) is 18.0. The van der Waals surface area contributed by atoms with Gasteiger partial charge in [0.15, 0.2) is 5.65 Å². The number of carboxylic acids is 1. The number of hydrogen-bond acceptors (Lipinski definition) is 5. The van der Waals surface area contributed by atoms with Gasteiger partial charge in [0.1, 0.15) is 0 Å².